The standard InChI is InChI=1S/C25H23N2/c1-16(2)18-9-10-23-19(13-18)11-12-27(4)25(23)24-14-20(15-26)22-8-6-5-7-21(22)17(24)3/h5-14,16H,1-4H3/q+1. The summed E-state index contributed by atoms with van der Waals surface area (Å²) in [4.78, 5) is 0. The highest BCUT2D eigenvalue weighted by Crippen LogP contribution is 2.34. The van der Waals surface area contributed by atoms with Crippen LogP contribution in [0.5, 0.6) is 0 Å². The lowest BCUT2D eigenvalue weighted by molar-refractivity contribution is -0.659. The van der Waals surface area contributed by atoms with E-state index in [1.54, 1.807) is 0 Å². The maximum Gasteiger partial charge on any atom is 0.220 e. The molecule has 0 saturated carbocycles. The lowest BCUT2D eigenvalue weighted by Crippen LogP contribution is -2.30. The Kier molecular flexibility index (Phi) is 4.16. The summed E-state index contributed by atoms with van der Waals surface area (Å²) >= 11 is 0. The van der Waals surface area contributed by atoms with Gasteiger partial charge in [0.15, 0.2) is 6.20 Å². The molecule has 4 aromatic rings. The summed E-state index contributed by atoms with van der Waals surface area (Å²) in [5, 5.41) is 14.3. The van der Waals surface area contributed by atoms with E-state index in [4.69, 9.17) is 0 Å². The fourth-order valence-electron chi connectivity index (χ4n) is 3.94. The molecule has 0 fully saturated rings. The van der Waals surface area contributed by atoms with Gasteiger partial charge in [-0.1, -0.05) is 50.2 Å². The number of nitrogens with zero attached hydrogens (tertiary/aromatic N) is 2. The molecule has 0 amide bonds. The van der Waals surface area contributed by atoms with Crippen molar-refractivity contribution in [3.8, 4) is 17.3 Å². The third kappa shape index (κ3) is 2.76. The van der Waals surface area contributed by atoms with Gasteiger partial charge in [-0.25, -0.2) is 4.57 Å². The Morgan fingerprint density at radius 3 is 2.37 bits per heavy atom. The smallest absolute Gasteiger partial charge is 0.200 e. The highest BCUT2D eigenvalue weighted by atomic mass is 14.9. The van der Waals surface area contributed by atoms with Crippen LogP contribution in [0.1, 0.15) is 36.5 Å². The zero-order valence-corrected chi connectivity index (χ0v) is 16.2. The summed E-state index contributed by atoms with van der Waals surface area (Å²) in [5.74, 6) is 0.499. The molecule has 2 heteroatoms. The van der Waals surface area contributed by atoms with Crippen LogP contribution in [0.15, 0.2) is 60.8 Å². The van der Waals surface area contributed by atoms with E-state index >= 15 is 0 Å². The first-order valence-electron chi connectivity index (χ1n) is 9.36. The van der Waals surface area contributed by atoms with Gasteiger partial charge < -0.3 is 0 Å². The van der Waals surface area contributed by atoms with Crippen molar-refractivity contribution in [2.24, 2.45) is 7.05 Å². The number of hydrogen-bond donors (Lipinski definition) is 0. The van der Waals surface area contributed by atoms with Crippen LogP contribution in [-0.4, -0.2) is 0 Å². The van der Waals surface area contributed by atoms with Crippen molar-refractivity contribution in [2.75, 3.05) is 0 Å². The van der Waals surface area contributed by atoms with Gasteiger partial charge in [-0.3, -0.25) is 0 Å². The largest absolute Gasteiger partial charge is 0.220 e. The fourth-order valence-corrected chi connectivity index (χ4v) is 3.94. The van der Waals surface area contributed by atoms with Crippen LogP contribution in [-0.2, 0) is 7.05 Å². The van der Waals surface area contributed by atoms with Crippen molar-refractivity contribution in [3.05, 3.63) is 77.5 Å². The van der Waals surface area contributed by atoms with Gasteiger partial charge in [0.2, 0.25) is 5.69 Å². The second-order valence-corrected chi connectivity index (χ2v) is 7.53. The number of fused-ring (bicyclic) bond motifs is 2. The first-order chi connectivity index (χ1) is 13.0. The normalized spacial score (nSPS) is 11.3. The van der Waals surface area contributed by atoms with Crippen molar-refractivity contribution in [3.63, 3.8) is 0 Å². The summed E-state index contributed by atoms with van der Waals surface area (Å²) in [6, 6.07) is 21.5. The number of aromatic nitrogens is 1. The minimum absolute atomic E-state index is 0.499. The van der Waals surface area contributed by atoms with Gasteiger partial charge in [-0.15, -0.1) is 0 Å². The Morgan fingerprint density at radius 1 is 0.926 bits per heavy atom. The zero-order valence-electron chi connectivity index (χ0n) is 16.2. The lowest BCUT2D eigenvalue weighted by atomic mass is 9.91. The summed E-state index contributed by atoms with van der Waals surface area (Å²) in [6.07, 6.45) is 2.11. The number of aryl methyl sites for hydroxylation is 2. The first-order valence-corrected chi connectivity index (χ1v) is 9.36. The van der Waals surface area contributed by atoms with Crippen molar-refractivity contribution < 1.29 is 4.57 Å². The summed E-state index contributed by atoms with van der Waals surface area (Å²) < 4.78 is 2.16. The molecule has 0 saturated heterocycles. The fraction of sp³-hybridized carbons (Fsp3) is 0.200. The molecule has 0 spiro atoms. The van der Waals surface area contributed by atoms with Crippen LogP contribution in [0.25, 0.3) is 32.8 Å². The van der Waals surface area contributed by atoms with E-state index in [1.807, 2.05) is 24.3 Å². The number of benzene rings is 3. The van der Waals surface area contributed by atoms with Gasteiger partial charge in [-0.05, 0) is 52.3 Å². The summed E-state index contributed by atoms with van der Waals surface area (Å²) in [7, 11) is 2.08. The maximum atomic E-state index is 9.72. The number of rotatable bonds is 2. The Morgan fingerprint density at radius 2 is 1.67 bits per heavy atom. The topological polar surface area (TPSA) is 27.7 Å². The monoisotopic (exact) mass is 351 g/mol. The van der Waals surface area contributed by atoms with E-state index in [2.05, 4.69) is 75.0 Å². The van der Waals surface area contributed by atoms with Crippen molar-refractivity contribution in [1.82, 2.24) is 0 Å². The van der Waals surface area contributed by atoms with Crippen molar-refractivity contribution >= 4 is 21.5 Å². The van der Waals surface area contributed by atoms with Gasteiger partial charge in [0.25, 0.3) is 0 Å². The van der Waals surface area contributed by atoms with E-state index in [-0.39, 0.29) is 0 Å². The molecule has 0 bridgehead atoms. The minimum atomic E-state index is 0.499. The summed E-state index contributed by atoms with van der Waals surface area (Å²) in [5.41, 5.74) is 5.55. The molecule has 0 aliphatic rings. The van der Waals surface area contributed by atoms with E-state index in [0.29, 0.717) is 5.92 Å². The van der Waals surface area contributed by atoms with Gasteiger partial charge >= 0.3 is 0 Å². The van der Waals surface area contributed by atoms with E-state index in [0.717, 1.165) is 27.6 Å². The van der Waals surface area contributed by atoms with Gasteiger partial charge in [0.05, 0.1) is 22.6 Å². The third-order valence-corrected chi connectivity index (χ3v) is 5.52. The molecule has 27 heavy (non-hydrogen) atoms. The van der Waals surface area contributed by atoms with Crippen LogP contribution < -0.4 is 4.57 Å². The van der Waals surface area contributed by atoms with Crippen LogP contribution in [0.3, 0.4) is 0 Å². The molecule has 132 valence electrons. The van der Waals surface area contributed by atoms with Gasteiger partial charge in [-0.2, -0.15) is 5.26 Å². The molecule has 0 atom stereocenters. The molecule has 1 aromatic heterocycles. The Hall–Kier alpha value is -3.18. The average Bonchev–Trinajstić information content (AvgIpc) is 2.68. The molecule has 0 N–H and O–H groups in total. The van der Waals surface area contributed by atoms with Crippen LogP contribution >= 0.6 is 0 Å². The number of pyridine rings is 1. The Labute approximate surface area is 160 Å². The predicted octanol–water partition coefficient (Wildman–Crippen LogP) is 5.79. The molecular formula is C25H23N2+. The molecule has 0 aliphatic carbocycles. The SMILES string of the molecule is Cc1c(-c2c3ccc(C(C)C)cc3cc[n+]2C)cc(C#N)c2ccccc12. The quantitative estimate of drug-likeness (QED) is 0.420. The van der Waals surface area contributed by atoms with E-state index in [9.17, 15) is 5.26 Å². The molecule has 2 nitrogen and oxygen atoms in total. The first kappa shape index (κ1) is 17.2. The second kappa shape index (κ2) is 6.52. The molecule has 4 rings (SSSR count). The van der Waals surface area contributed by atoms with Gasteiger partial charge in [0, 0.05) is 6.07 Å². The third-order valence-electron chi connectivity index (χ3n) is 5.52. The molecule has 0 unspecified atom stereocenters. The Bertz CT molecular complexity index is 1230. The minimum Gasteiger partial charge on any atom is -0.200 e. The van der Waals surface area contributed by atoms with Gasteiger partial charge in [0.1, 0.15) is 7.05 Å². The lowest BCUT2D eigenvalue weighted by Gasteiger charge is -2.13. The van der Waals surface area contributed by atoms with Crippen molar-refractivity contribution in [1.29, 1.82) is 5.26 Å². The highest BCUT2D eigenvalue weighted by Gasteiger charge is 2.20. The second-order valence-electron chi connectivity index (χ2n) is 7.53. The number of nitriles is 1. The summed E-state index contributed by atoms with van der Waals surface area (Å²) in [6.45, 7) is 6.59. The molecule has 0 radical (unpaired) electrons. The maximum absolute atomic E-state index is 9.72. The molecule has 1 heterocycles. The van der Waals surface area contributed by atoms with Crippen LogP contribution in [0.2, 0.25) is 0 Å². The molecular weight excluding hydrogens is 328 g/mol. The van der Waals surface area contributed by atoms with Crippen molar-refractivity contribution in [2.45, 2.75) is 26.7 Å². The zero-order chi connectivity index (χ0) is 19.1. The Balaban J connectivity index is 2.10. The predicted molar refractivity (Wildman–Crippen MR) is 112 cm³/mol. The van der Waals surface area contributed by atoms with Crippen LogP contribution in [0, 0.1) is 18.3 Å². The number of hydrogen-bond acceptors (Lipinski definition) is 1. The highest BCUT2D eigenvalue weighted by molar-refractivity contribution is 6.00. The van der Waals surface area contributed by atoms with E-state index in [1.165, 1.54) is 21.9 Å². The average molecular weight is 351 g/mol. The molecule has 3 aromatic carbocycles. The van der Waals surface area contributed by atoms with E-state index < -0.39 is 0 Å². The van der Waals surface area contributed by atoms with Crippen LogP contribution in [0.4, 0.5) is 0 Å². The molecule has 0 aliphatic heterocycles.